The van der Waals surface area contributed by atoms with Crippen LogP contribution in [-0.4, -0.2) is 123 Å². The van der Waals surface area contributed by atoms with E-state index in [4.69, 9.17) is 19.5 Å². The van der Waals surface area contributed by atoms with Gasteiger partial charge in [-0.25, -0.2) is 24.1 Å². The molecule has 23 nitrogen and oxygen atoms in total. The van der Waals surface area contributed by atoms with Crippen molar-refractivity contribution in [1.29, 1.82) is 0 Å². The lowest BCUT2D eigenvalue weighted by molar-refractivity contribution is -0.137. The summed E-state index contributed by atoms with van der Waals surface area (Å²) in [5.74, 6) is -2.52. The maximum absolute atomic E-state index is 12.7. The Kier molecular flexibility index (Phi) is 18.2. The van der Waals surface area contributed by atoms with Gasteiger partial charge in [-0.05, 0) is 12.5 Å². The highest BCUT2D eigenvalue weighted by Gasteiger charge is 2.49. The van der Waals surface area contributed by atoms with E-state index in [9.17, 15) is 57.9 Å². The van der Waals surface area contributed by atoms with Gasteiger partial charge in [0.05, 0.1) is 31.8 Å². The Labute approximate surface area is 331 Å². The van der Waals surface area contributed by atoms with E-state index in [0.29, 0.717) is 5.75 Å². The van der Waals surface area contributed by atoms with Gasteiger partial charge in [0.2, 0.25) is 16.9 Å². The second kappa shape index (κ2) is 21.4. The summed E-state index contributed by atoms with van der Waals surface area (Å²) in [4.78, 5) is 88.1. The smallest absolute Gasteiger partial charge is 0.388 e. The molecule has 3 heterocycles. The number of fused-ring (bicyclic) bond motifs is 1. The Hall–Kier alpha value is -2.92. The number of amides is 2. The minimum absolute atomic E-state index is 0.0117. The van der Waals surface area contributed by atoms with Gasteiger partial charge in [0, 0.05) is 36.6 Å². The van der Waals surface area contributed by atoms with Crippen LogP contribution in [-0.2, 0) is 46.2 Å². The number of unbranched alkanes of at least 4 members (excludes halogenated alkanes) is 1. The number of nitrogens with two attached hydrogens (primary N) is 1. The number of aliphatic hydroxyl groups is 2. The second-order valence-electron chi connectivity index (χ2n) is 13.3. The number of carbonyl (C=O) groups excluding carboxylic acids is 3. The second-order valence-corrected chi connectivity index (χ2v) is 19.1. The van der Waals surface area contributed by atoms with Crippen LogP contribution in [0.15, 0.2) is 37.0 Å². The first kappa shape index (κ1) is 48.4. The number of ether oxygens (including phenoxy) is 1. The molecule has 0 radical (unpaired) electrons. The molecule has 2 amide bonds. The van der Waals surface area contributed by atoms with Crippen LogP contribution in [0.1, 0.15) is 46.3 Å². The average molecular weight is 888 g/mol. The van der Waals surface area contributed by atoms with Gasteiger partial charge in [0.15, 0.2) is 17.7 Å². The molecule has 3 unspecified atom stereocenters. The minimum Gasteiger partial charge on any atom is -0.388 e. The quantitative estimate of drug-likeness (QED) is 0.0324. The summed E-state index contributed by atoms with van der Waals surface area (Å²) in [5.41, 5.74) is 4.39. The predicted molar refractivity (Wildman–Crippen MR) is 204 cm³/mol. The lowest BCUT2D eigenvalue weighted by atomic mass is 9.87. The lowest BCUT2D eigenvalue weighted by Gasteiger charge is -2.30. The molecule has 7 atom stereocenters. The Morgan fingerprint density at radius 3 is 2.46 bits per heavy atom. The zero-order valence-corrected chi connectivity index (χ0v) is 34.6. The van der Waals surface area contributed by atoms with Crippen molar-refractivity contribution in [1.82, 2.24) is 30.2 Å². The first-order valence-corrected chi connectivity index (χ1v) is 23.0. The number of hydrogen-bond acceptors (Lipinski definition) is 17. The molecule has 3 rings (SSSR count). The SMILES string of the molecule is CCC/C=C\C=C\C(=O)SCCNC(=O)CCNC(=O)C(O)C(C)(C)COP(=O)(O)OP(=O)(O)OC[C@H]1O[C@@H](n2cnc3c(N)ncnc32)[C@H](O)[C@@H]1CP(=O)(O)O. The van der Waals surface area contributed by atoms with E-state index in [-0.39, 0.29) is 41.6 Å². The number of thioether (sulfide) groups is 1. The van der Waals surface area contributed by atoms with Crippen LogP contribution in [0.5, 0.6) is 0 Å². The number of carbonyl (C=O) groups is 3. The van der Waals surface area contributed by atoms with Crippen LogP contribution in [0, 0.1) is 11.3 Å². The zero-order chi connectivity index (χ0) is 42.6. The number of imidazole rings is 1. The third kappa shape index (κ3) is 15.6. The van der Waals surface area contributed by atoms with Gasteiger partial charge in [-0.3, -0.25) is 32.6 Å². The van der Waals surface area contributed by atoms with E-state index in [2.05, 4.69) is 29.9 Å². The van der Waals surface area contributed by atoms with Crippen molar-refractivity contribution in [2.24, 2.45) is 11.3 Å². The number of hydrogen-bond donors (Lipinski definition) is 9. The fourth-order valence-corrected chi connectivity index (χ4v) is 8.95. The number of nitrogen functional groups attached to an aromatic ring is 1. The van der Waals surface area contributed by atoms with E-state index >= 15 is 0 Å². The molecule has 1 aliphatic rings. The maximum Gasteiger partial charge on any atom is 0.481 e. The number of allylic oxidation sites excluding steroid dienone is 3. The molecule has 2 aromatic rings. The molecule has 0 aliphatic carbocycles. The normalized spacial score (nSPS) is 21.8. The van der Waals surface area contributed by atoms with Gasteiger partial charge >= 0.3 is 23.2 Å². The molecule has 0 aromatic carbocycles. The van der Waals surface area contributed by atoms with Gasteiger partial charge in [-0.1, -0.05) is 57.2 Å². The first-order valence-electron chi connectivity index (χ1n) is 17.3. The highest BCUT2D eigenvalue weighted by molar-refractivity contribution is 8.14. The summed E-state index contributed by atoms with van der Waals surface area (Å²) in [7, 11) is -15.8. The van der Waals surface area contributed by atoms with E-state index in [1.54, 1.807) is 12.2 Å². The number of rotatable bonds is 23. The number of anilines is 1. The van der Waals surface area contributed by atoms with Crippen LogP contribution < -0.4 is 16.4 Å². The largest absolute Gasteiger partial charge is 0.481 e. The summed E-state index contributed by atoms with van der Waals surface area (Å²) >= 11 is 1.02. The van der Waals surface area contributed by atoms with E-state index in [1.807, 2.05) is 13.0 Å². The number of aliphatic hydroxyl groups excluding tert-OH is 2. The van der Waals surface area contributed by atoms with Gasteiger partial charge in [0.1, 0.15) is 24.1 Å². The molecular formula is C30H48N7O16P3S. The molecule has 1 aliphatic heterocycles. The summed E-state index contributed by atoms with van der Waals surface area (Å²) < 4.78 is 58.1. The predicted octanol–water partition coefficient (Wildman–Crippen LogP) is 0.893. The van der Waals surface area contributed by atoms with Crippen molar-refractivity contribution in [2.75, 3.05) is 44.0 Å². The first-order chi connectivity index (χ1) is 26.6. The van der Waals surface area contributed by atoms with Crippen molar-refractivity contribution in [2.45, 2.75) is 64.6 Å². The van der Waals surface area contributed by atoms with E-state index < -0.39 is 90.3 Å². The van der Waals surface area contributed by atoms with Crippen molar-refractivity contribution in [3.8, 4) is 0 Å². The topological polar surface area (TPSA) is 354 Å². The van der Waals surface area contributed by atoms with Crippen LogP contribution >= 0.6 is 35.0 Å². The minimum atomic E-state index is -5.52. The van der Waals surface area contributed by atoms with Crippen LogP contribution in [0.3, 0.4) is 0 Å². The summed E-state index contributed by atoms with van der Waals surface area (Å²) in [5, 5.41) is 26.3. The van der Waals surface area contributed by atoms with Gasteiger partial charge < -0.3 is 50.9 Å². The van der Waals surface area contributed by atoms with Gasteiger partial charge in [0.25, 0.3) is 0 Å². The summed E-state index contributed by atoms with van der Waals surface area (Å²) in [6.07, 6.45) is 3.40. The van der Waals surface area contributed by atoms with Crippen LogP contribution in [0.25, 0.3) is 11.2 Å². The molecular weight excluding hydrogens is 839 g/mol. The molecule has 2 aromatic heterocycles. The summed E-state index contributed by atoms with van der Waals surface area (Å²) in [6, 6.07) is 0. The average Bonchev–Trinajstić information content (AvgIpc) is 3.68. The molecule has 0 saturated carbocycles. The van der Waals surface area contributed by atoms with E-state index in [1.165, 1.54) is 30.8 Å². The summed E-state index contributed by atoms with van der Waals surface area (Å²) in [6.45, 7) is 2.69. The van der Waals surface area contributed by atoms with E-state index in [0.717, 1.165) is 30.9 Å². The number of nitrogens with zero attached hydrogens (tertiary/aromatic N) is 4. The third-order valence-corrected chi connectivity index (χ3v) is 12.4. The van der Waals surface area contributed by atoms with Crippen molar-refractivity contribution >= 4 is 68.9 Å². The Morgan fingerprint density at radius 2 is 1.77 bits per heavy atom. The van der Waals surface area contributed by atoms with Gasteiger partial charge in [-0.2, -0.15) is 4.31 Å². The number of aromatic nitrogens is 4. The third-order valence-electron chi connectivity index (χ3n) is 8.08. The monoisotopic (exact) mass is 887 g/mol. The molecule has 320 valence electrons. The van der Waals surface area contributed by atoms with Crippen molar-refractivity contribution < 1.29 is 76.0 Å². The fraction of sp³-hybridized carbons (Fsp3) is 0.600. The van der Waals surface area contributed by atoms with Crippen molar-refractivity contribution in [3.63, 3.8) is 0 Å². The molecule has 0 bridgehead atoms. The van der Waals surface area contributed by atoms with Gasteiger partial charge in [-0.15, -0.1) is 0 Å². The Bertz CT molecular complexity index is 1910. The van der Waals surface area contributed by atoms with Crippen LogP contribution in [0.4, 0.5) is 5.82 Å². The zero-order valence-electron chi connectivity index (χ0n) is 31.1. The molecule has 57 heavy (non-hydrogen) atoms. The van der Waals surface area contributed by atoms with Crippen molar-refractivity contribution in [3.05, 3.63) is 37.0 Å². The van der Waals surface area contributed by atoms with Crippen LogP contribution in [0.2, 0.25) is 0 Å². The highest BCUT2D eigenvalue weighted by Crippen LogP contribution is 2.61. The molecule has 0 spiro atoms. The fourth-order valence-electron chi connectivity index (χ4n) is 5.12. The number of phosphoric ester groups is 2. The Morgan fingerprint density at radius 1 is 1.07 bits per heavy atom. The standard InChI is InChI=1S/C30H48N7O16P3S/c1-4-5-6-7-8-9-22(39)57-13-12-32-21(38)10-11-33-28(42)25(41)30(2,3)16-51-56(48,49)53-55(46,47)50-14-20-19(15-54(43,44)45)24(40)29(52-20)37-18-36-23-26(31)34-17-35-27(23)37/h6-9,17-20,24-25,29,40-41H,4-5,10-16H2,1-3H3,(H,32,38)(H,33,42)(H,46,47)(H,48,49)(H2,31,34,35)(H2,43,44,45)/b7-6-,9-8+/t19-,20-,24-,25?,29-/m1/s1. The Balaban J connectivity index is 1.47. The lowest BCUT2D eigenvalue weighted by Crippen LogP contribution is -2.46. The molecule has 10 N–H and O–H groups in total. The molecule has 27 heteroatoms. The molecule has 1 saturated heterocycles. The molecule has 1 fully saturated rings. The number of phosphoric acid groups is 2. The number of nitrogens with one attached hydrogen (secondary N) is 2. The maximum atomic E-state index is 12.7. The highest BCUT2D eigenvalue weighted by atomic mass is 32.2.